The second kappa shape index (κ2) is 6.02. The van der Waals surface area contributed by atoms with Crippen LogP contribution in [-0.2, 0) is 9.53 Å². The Morgan fingerprint density at radius 2 is 1.81 bits per heavy atom. The largest absolute Gasteiger partial charge is 0.393 e. The fourth-order valence-corrected chi connectivity index (χ4v) is 7.44. The van der Waals surface area contributed by atoms with E-state index in [2.05, 4.69) is 13.8 Å². The summed E-state index contributed by atoms with van der Waals surface area (Å²) in [7, 11) is 0. The molecular formula is C22H36O4. The van der Waals surface area contributed by atoms with Gasteiger partial charge in [0.05, 0.1) is 12.2 Å². The van der Waals surface area contributed by atoms with E-state index < -0.39 is 5.79 Å². The minimum Gasteiger partial charge on any atom is -0.393 e. The van der Waals surface area contributed by atoms with Crippen LogP contribution in [0.3, 0.4) is 0 Å². The lowest BCUT2D eigenvalue weighted by atomic mass is 9.44. The Kier molecular flexibility index (Phi) is 4.38. The molecule has 8 unspecified atom stereocenters. The molecular weight excluding hydrogens is 328 g/mol. The lowest BCUT2D eigenvalue weighted by Crippen LogP contribution is -2.60. The summed E-state index contributed by atoms with van der Waals surface area (Å²) in [6.07, 6.45) is 7.28. The normalized spacial score (nSPS) is 51.5. The molecule has 0 bridgehead atoms. The van der Waals surface area contributed by atoms with Crippen LogP contribution in [0.1, 0.15) is 79.1 Å². The quantitative estimate of drug-likeness (QED) is 0.734. The molecule has 4 saturated carbocycles. The first-order valence-electron chi connectivity index (χ1n) is 10.7. The molecule has 0 spiro atoms. The number of Topliss-reactive ketones (excluding diaryl/α,β-unsaturated/α-hetero) is 1. The lowest BCUT2D eigenvalue weighted by molar-refractivity contribution is -0.263. The van der Waals surface area contributed by atoms with Gasteiger partial charge < -0.3 is 14.9 Å². The van der Waals surface area contributed by atoms with E-state index in [4.69, 9.17) is 4.74 Å². The number of rotatable bonds is 2. The molecule has 0 radical (unpaired) electrons. The molecule has 0 heterocycles. The van der Waals surface area contributed by atoms with Gasteiger partial charge in [0.15, 0.2) is 5.79 Å². The average Bonchev–Trinajstić information content (AvgIpc) is 2.83. The van der Waals surface area contributed by atoms with Crippen molar-refractivity contribution in [2.24, 2.45) is 34.5 Å². The van der Waals surface area contributed by atoms with Crippen molar-refractivity contribution in [3.63, 3.8) is 0 Å². The highest BCUT2D eigenvalue weighted by Gasteiger charge is 2.63. The van der Waals surface area contributed by atoms with Crippen molar-refractivity contribution in [3.05, 3.63) is 0 Å². The molecule has 4 aliphatic rings. The molecule has 4 fully saturated rings. The van der Waals surface area contributed by atoms with Gasteiger partial charge in [-0.2, -0.15) is 0 Å². The number of ether oxygens (including phenoxy) is 1. The van der Waals surface area contributed by atoms with Crippen LogP contribution in [0.25, 0.3) is 0 Å². The first kappa shape index (κ1) is 18.9. The van der Waals surface area contributed by atoms with Crippen LogP contribution in [-0.4, -0.2) is 34.0 Å². The number of ketones is 1. The Balaban J connectivity index is 1.72. The topological polar surface area (TPSA) is 66.8 Å². The molecule has 26 heavy (non-hydrogen) atoms. The summed E-state index contributed by atoms with van der Waals surface area (Å²) in [6, 6.07) is 0. The molecule has 0 aromatic carbocycles. The number of aliphatic hydroxyl groups is 2. The molecule has 0 saturated heterocycles. The summed E-state index contributed by atoms with van der Waals surface area (Å²) < 4.78 is 6.23. The van der Waals surface area contributed by atoms with Crippen LogP contribution < -0.4 is 0 Å². The maximum absolute atomic E-state index is 12.7. The van der Waals surface area contributed by atoms with Crippen molar-refractivity contribution in [1.82, 2.24) is 0 Å². The van der Waals surface area contributed by atoms with Gasteiger partial charge in [-0.25, -0.2) is 0 Å². The molecule has 0 aromatic heterocycles. The number of fused-ring (bicyclic) bond motifs is 5. The van der Waals surface area contributed by atoms with Crippen molar-refractivity contribution >= 4 is 5.78 Å². The van der Waals surface area contributed by atoms with Crippen LogP contribution in [0.15, 0.2) is 0 Å². The SMILES string of the molecule is CC(C)(O)OC1CC2CC(O)CCC2(C)C2CCC3(C)C(=O)CCC3C12. The van der Waals surface area contributed by atoms with Gasteiger partial charge in [0, 0.05) is 11.8 Å². The van der Waals surface area contributed by atoms with Gasteiger partial charge in [-0.1, -0.05) is 13.8 Å². The maximum atomic E-state index is 12.7. The zero-order chi connectivity index (χ0) is 18.9. The Hall–Kier alpha value is -0.450. The van der Waals surface area contributed by atoms with Crippen LogP contribution in [0, 0.1) is 34.5 Å². The van der Waals surface area contributed by atoms with Gasteiger partial charge in [0.1, 0.15) is 5.78 Å². The number of hydrogen-bond donors (Lipinski definition) is 2. The van der Waals surface area contributed by atoms with Gasteiger partial charge >= 0.3 is 0 Å². The molecule has 148 valence electrons. The van der Waals surface area contributed by atoms with E-state index in [0.29, 0.717) is 35.9 Å². The Morgan fingerprint density at radius 1 is 1.08 bits per heavy atom. The smallest absolute Gasteiger partial charge is 0.160 e. The van der Waals surface area contributed by atoms with Crippen LogP contribution >= 0.6 is 0 Å². The highest BCUT2D eigenvalue weighted by Crippen LogP contribution is 2.66. The molecule has 4 aliphatic carbocycles. The minimum atomic E-state index is -1.16. The zero-order valence-electron chi connectivity index (χ0n) is 16.8. The zero-order valence-corrected chi connectivity index (χ0v) is 16.8. The summed E-state index contributed by atoms with van der Waals surface area (Å²) in [4.78, 5) is 12.7. The van der Waals surface area contributed by atoms with Gasteiger partial charge in [0.25, 0.3) is 0 Å². The van der Waals surface area contributed by atoms with Gasteiger partial charge in [-0.3, -0.25) is 4.79 Å². The molecule has 0 aromatic rings. The first-order valence-corrected chi connectivity index (χ1v) is 10.7. The van der Waals surface area contributed by atoms with Crippen molar-refractivity contribution < 1.29 is 19.7 Å². The van der Waals surface area contributed by atoms with E-state index in [0.717, 1.165) is 44.9 Å². The van der Waals surface area contributed by atoms with Crippen LogP contribution in [0.5, 0.6) is 0 Å². The third-order valence-corrected chi connectivity index (χ3v) is 8.78. The average molecular weight is 365 g/mol. The van der Waals surface area contributed by atoms with Gasteiger partial charge in [-0.15, -0.1) is 0 Å². The molecule has 0 aliphatic heterocycles. The van der Waals surface area contributed by atoms with Crippen molar-refractivity contribution in [3.8, 4) is 0 Å². The standard InChI is InChI=1S/C22H36O4/c1-20(2,25)26-17-12-13-11-14(23)7-9-21(13,3)16-8-10-22(4)15(19(16)17)5-6-18(22)24/h13-17,19,23,25H,5-12H2,1-4H3. The van der Waals surface area contributed by atoms with E-state index >= 15 is 0 Å². The maximum Gasteiger partial charge on any atom is 0.160 e. The Bertz CT molecular complexity index is 581. The summed E-state index contributed by atoms with van der Waals surface area (Å²) in [6.45, 7) is 8.05. The summed E-state index contributed by atoms with van der Waals surface area (Å²) in [5.74, 6) is 0.988. The fraction of sp³-hybridized carbons (Fsp3) is 0.955. The van der Waals surface area contributed by atoms with Crippen molar-refractivity contribution in [1.29, 1.82) is 0 Å². The summed E-state index contributed by atoms with van der Waals surface area (Å²) in [5, 5.41) is 20.7. The van der Waals surface area contributed by atoms with E-state index in [1.165, 1.54) is 0 Å². The third-order valence-electron chi connectivity index (χ3n) is 8.78. The van der Waals surface area contributed by atoms with Crippen LogP contribution in [0.2, 0.25) is 0 Å². The van der Waals surface area contributed by atoms with Crippen molar-refractivity contribution in [2.75, 3.05) is 0 Å². The Labute approximate surface area is 157 Å². The number of aliphatic hydroxyl groups excluding tert-OH is 1. The minimum absolute atomic E-state index is 0.0149. The Morgan fingerprint density at radius 3 is 2.50 bits per heavy atom. The van der Waals surface area contributed by atoms with E-state index in [-0.39, 0.29) is 23.0 Å². The number of hydrogen-bond acceptors (Lipinski definition) is 4. The molecule has 4 nitrogen and oxygen atoms in total. The predicted molar refractivity (Wildman–Crippen MR) is 99.3 cm³/mol. The summed E-state index contributed by atoms with van der Waals surface area (Å²) in [5.41, 5.74) is 0.0378. The van der Waals surface area contributed by atoms with E-state index in [1.54, 1.807) is 13.8 Å². The highest BCUT2D eigenvalue weighted by atomic mass is 16.6. The molecule has 4 heteroatoms. The van der Waals surface area contributed by atoms with Crippen LogP contribution in [0.4, 0.5) is 0 Å². The molecule has 2 N–H and O–H groups in total. The van der Waals surface area contributed by atoms with E-state index in [9.17, 15) is 15.0 Å². The first-order chi connectivity index (χ1) is 12.0. The van der Waals surface area contributed by atoms with Gasteiger partial charge in [0.2, 0.25) is 0 Å². The number of carbonyl (C=O) groups excluding carboxylic acids is 1. The second-order valence-electron chi connectivity index (χ2n) is 10.7. The molecule has 8 atom stereocenters. The molecule has 4 rings (SSSR count). The number of carbonyl (C=O) groups is 1. The lowest BCUT2D eigenvalue weighted by Gasteiger charge is -2.62. The van der Waals surface area contributed by atoms with Crippen molar-refractivity contribution in [2.45, 2.75) is 97.1 Å². The third kappa shape index (κ3) is 2.79. The predicted octanol–water partition coefficient (Wildman–Crippen LogP) is 3.68. The molecule has 0 amide bonds. The van der Waals surface area contributed by atoms with Gasteiger partial charge in [-0.05, 0) is 87.9 Å². The highest BCUT2D eigenvalue weighted by molar-refractivity contribution is 5.87. The summed E-state index contributed by atoms with van der Waals surface area (Å²) >= 11 is 0. The fourth-order valence-electron chi connectivity index (χ4n) is 7.44. The second-order valence-corrected chi connectivity index (χ2v) is 10.7. The monoisotopic (exact) mass is 364 g/mol. The van der Waals surface area contributed by atoms with E-state index in [1.807, 2.05) is 0 Å².